The molecule has 0 radical (unpaired) electrons. The van der Waals surface area contributed by atoms with Gasteiger partial charge in [0.25, 0.3) is 0 Å². The molecule has 0 amide bonds. The van der Waals surface area contributed by atoms with Crippen LogP contribution >= 0.6 is 34.5 Å². The molecule has 0 bridgehead atoms. The Labute approximate surface area is 98.4 Å². The van der Waals surface area contributed by atoms with Crippen molar-refractivity contribution >= 4 is 34.5 Å². The highest BCUT2D eigenvalue weighted by molar-refractivity contribution is 7.20. The molecule has 1 aromatic heterocycles. The molecule has 0 aliphatic carbocycles. The largest absolute Gasteiger partial charge is 0.300 e. The van der Waals surface area contributed by atoms with Gasteiger partial charge in [-0.3, -0.25) is 5.32 Å². The first-order chi connectivity index (χ1) is 6.69. The lowest BCUT2D eigenvalue weighted by molar-refractivity contribution is 0.628. The van der Waals surface area contributed by atoms with Gasteiger partial charge in [-0.1, -0.05) is 36.0 Å². The Morgan fingerprint density at radius 2 is 2.36 bits per heavy atom. The quantitative estimate of drug-likeness (QED) is 0.800. The van der Waals surface area contributed by atoms with Crippen molar-refractivity contribution in [2.24, 2.45) is 0 Å². The summed E-state index contributed by atoms with van der Waals surface area (Å²) in [6.07, 6.45) is 6.45. The van der Waals surface area contributed by atoms with Crippen molar-refractivity contribution in [1.29, 1.82) is 0 Å². The lowest BCUT2D eigenvalue weighted by Crippen LogP contribution is -2.20. The van der Waals surface area contributed by atoms with Gasteiger partial charge in [-0.25, -0.2) is 0 Å². The topological polar surface area (TPSA) is 12.0 Å². The average molecular weight is 248 g/mol. The summed E-state index contributed by atoms with van der Waals surface area (Å²) in [5, 5.41) is 3.22. The Morgan fingerprint density at radius 1 is 1.64 bits per heavy atom. The van der Waals surface area contributed by atoms with E-state index >= 15 is 0 Å². The second-order valence-corrected chi connectivity index (χ2v) is 5.12. The highest BCUT2D eigenvalue weighted by atomic mass is 35.5. The summed E-state index contributed by atoms with van der Waals surface area (Å²) in [7, 11) is 0. The lowest BCUT2D eigenvalue weighted by atomic mass is 10.1. The first-order valence-electron chi connectivity index (χ1n) is 4.33. The second-order valence-electron chi connectivity index (χ2n) is 2.83. The Kier molecular flexibility index (Phi) is 4.77. The monoisotopic (exact) mass is 247 g/mol. The Bertz CT molecular complexity index is 340. The molecule has 0 saturated carbocycles. The predicted octanol–water partition coefficient (Wildman–Crippen LogP) is 3.73. The van der Waals surface area contributed by atoms with E-state index in [9.17, 15) is 0 Å². The number of rotatable bonds is 4. The summed E-state index contributed by atoms with van der Waals surface area (Å²) < 4.78 is 1.34. The maximum atomic E-state index is 6.00. The Balaban J connectivity index is 2.79. The first kappa shape index (κ1) is 11.9. The predicted molar refractivity (Wildman–Crippen MR) is 64.2 cm³/mol. The van der Waals surface area contributed by atoms with E-state index in [1.165, 1.54) is 11.3 Å². The molecule has 0 aromatic carbocycles. The van der Waals surface area contributed by atoms with Crippen LogP contribution in [0.15, 0.2) is 6.07 Å². The third kappa shape index (κ3) is 2.90. The second kappa shape index (κ2) is 5.63. The molecule has 1 atom stereocenters. The number of nitrogens with one attached hydrogen (secondary N) is 1. The SMILES string of the molecule is C#CC(NCCC)c1cc(Cl)sc1Cl. The molecule has 0 aliphatic heterocycles. The van der Waals surface area contributed by atoms with Crippen LogP contribution in [0.25, 0.3) is 0 Å². The van der Waals surface area contributed by atoms with Gasteiger partial charge in [-0.15, -0.1) is 17.8 Å². The minimum Gasteiger partial charge on any atom is -0.300 e. The molecular formula is C10H11Cl2NS. The Hall–Kier alpha value is -0.200. The molecule has 0 saturated heterocycles. The van der Waals surface area contributed by atoms with Gasteiger partial charge in [0.05, 0.1) is 10.4 Å². The summed E-state index contributed by atoms with van der Waals surface area (Å²) in [5.41, 5.74) is 0.901. The molecule has 76 valence electrons. The zero-order valence-corrected chi connectivity index (χ0v) is 10.1. The van der Waals surface area contributed by atoms with Crippen LogP contribution in [-0.2, 0) is 0 Å². The van der Waals surface area contributed by atoms with Crippen LogP contribution < -0.4 is 5.32 Å². The van der Waals surface area contributed by atoms with E-state index in [1.54, 1.807) is 0 Å². The van der Waals surface area contributed by atoms with E-state index in [0.29, 0.717) is 8.67 Å². The van der Waals surface area contributed by atoms with Gasteiger partial charge in [-0.2, -0.15) is 0 Å². The minimum absolute atomic E-state index is 0.133. The van der Waals surface area contributed by atoms with E-state index in [0.717, 1.165) is 18.5 Å². The van der Waals surface area contributed by atoms with Gasteiger partial charge in [0.1, 0.15) is 4.34 Å². The molecule has 4 heteroatoms. The molecule has 0 fully saturated rings. The van der Waals surface area contributed by atoms with E-state index < -0.39 is 0 Å². The van der Waals surface area contributed by atoms with Gasteiger partial charge in [0, 0.05) is 5.56 Å². The molecule has 1 rings (SSSR count). The Morgan fingerprint density at radius 3 is 2.79 bits per heavy atom. The number of hydrogen-bond acceptors (Lipinski definition) is 2. The van der Waals surface area contributed by atoms with Crippen LogP contribution in [0.3, 0.4) is 0 Å². The maximum Gasteiger partial charge on any atom is 0.100 e. The number of thiophene rings is 1. The fraction of sp³-hybridized carbons (Fsp3) is 0.400. The van der Waals surface area contributed by atoms with Gasteiger partial charge < -0.3 is 0 Å². The third-order valence-corrected chi connectivity index (χ3v) is 3.28. The van der Waals surface area contributed by atoms with E-state index in [1.807, 2.05) is 6.07 Å². The zero-order chi connectivity index (χ0) is 10.6. The van der Waals surface area contributed by atoms with Crippen LogP contribution in [0, 0.1) is 12.3 Å². The molecule has 0 spiro atoms. The van der Waals surface area contributed by atoms with Gasteiger partial charge in [0.2, 0.25) is 0 Å². The standard InChI is InChI=1S/C10H11Cl2NS/c1-3-5-13-8(4-2)7-6-9(11)14-10(7)12/h2,6,8,13H,3,5H2,1H3. The number of hydrogen-bond donors (Lipinski definition) is 1. The molecule has 1 unspecified atom stereocenters. The highest BCUT2D eigenvalue weighted by Gasteiger charge is 2.14. The number of terminal acetylenes is 1. The van der Waals surface area contributed by atoms with Gasteiger partial charge in [-0.05, 0) is 19.0 Å². The zero-order valence-electron chi connectivity index (χ0n) is 7.81. The van der Waals surface area contributed by atoms with Crippen molar-refractivity contribution in [3.05, 3.63) is 20.3 Å². The van der Waals surface area contributed by atoms with Crippen molar-refractivity contribution in [3.8, 4) is 12.3 Å². The molecule has 1 nitrogen and oxygen atoms in total. The van der Waals surface area contributed by atoms with Crippen LogP contribution in [0.5, 0.6) is 0 Å². The van der Waals surface area contributed by atoms with Gasteiger partial charge in [0.15, 0.2) is 0 Å². The summed E-state index contributed by atoms with van der Waals surface area (Å²) in [6, 6.07) is 1.69. The summed E-state index contributed by atoms with van der Waals surface area (Å²) in [5.74, 6) is 2.66. The van der Waals surface area contributed by atoms with Crippen molar-refractivity contribution in [2.75, 3.05) is 6.54 Å². The summed E-state index contributed by atoms with van der Waals surface area (Å²) >= 11 is 13.2. The fourth-order valence-corrected chi connectivity index (χ4v) is 2.63. The van der Waals surface area contributed by atoms with Crippen LogP contribution in [0.4, 0.5) is 0 Å². The normalized spacial score (nSPS) is 12.4. The van der Waals surface area contributed by atoms with E-state index in [2.05, 4.69) is 18.2 Å². The van der Waals surface area contributed by atoms with Gasteiger partial charge >= 0.3 is 0 Å². The highest BCUT2D eigenvalue weighted by Crippen LogP contribution is 2.34. The summed E-state index contributed by atoms with van der Waals surface area (Å²) in [6.45, 7) is 2.96. The van der Waals surface area contributed by atoms with Crippen LogP contribution in [-0.4, -0.2) is 6.54 Å². The number of halogens is 2. The maximum absolute atomic E-state index is 6.00. The minimum atomic E-state index is -0.133. The van der Waals surface area contributed by atoms with Crippen molar-refractivity contribution in [2.45, 2.75) is 19.4 Å². The summed E-state index contributed by atoms with van der Waals surface area (Å²) in [4.78, 5) is 0. The fourth-order valence-electron chi connectivity index (χ4n) is 1.10. The van der Waals surface area contributed by atoms with Crippen molar-refractivity contribution < 1.29 is 0 Å². The molecule has 1 N–H and O–H groups in total. The molecule has 1 heterocycles. The molecular weight excluding hydrogens is 237 g/mol. The molecule has 14 heavy (non-hydrogen) atoms. The molecule has 1 aromatic rings. The van der Waals surface area contributed by atoms with Crippen LogP contribution in [0.1, 0.15) is 24.9 Å². The van der Waals surface area contributed by atoms with Crippen molar-refractivity contribution in [1.82, 2.24) is 5.32 Å². The third-order valence-electron chi connectivity index (χ3n) is 1.76. The smallest absolute Gasteiger partial charge is 0.100 e. The van der Waals surface area contributed by atoms with E-state index in [-0.39, 0.29) is 6.04 Å². The average Bonchev–Trinajstić information content (AvgIpc) is 2.47. The van der Waals surface area contributed by atoms with E-state index in [4.69, 9.17) is 29.6 Å². The first-order valence-corrected chi connectivity index (χ1v) is 5.90. The van der Waals surface area contributed by atoms with Crippen LogP contribution in [0.2, 0.25) is 8.67 Å². The molecule has 0 aliphatic rings. The lowest BCUT2D eigenvalue weighted by Gasteiger charge is -2.10. The van der Waals surface area contributed by atoms with Crippen molar-refractivity contribution in [3.63, 3.8) is 0 Å².